The van der Waals surface area contributed by atoms with Crippen molar-refractivity contribution in [1.82, 2.24) is 0 Å². The molecule has 13 aromatic carbocycles. The molecule has 0 bridgehead atoms. The minimum atomic E-state index is 0.0224. The van der Waals surface area contributed by atoms with Crippen LogP contribution in [0.15, 0.2) is 231 Å². The lowest BCUT2D eigenvalue weighted by atomic mass is 9.81. The topological polar surface area (TPSA) is 3.24 Å². The molecular formula is C66H47N. The van der Waals surface area contributed by atoms with Gasteiger partial charge in [-0.1, -0.05) is 215 Å². The molecule has 0 aliphatic rings. The molecule has 1 nitrogen and oxygen atoms in total. The van der Waals surface area contributed by atoms with Crippen LogP contribution in [0.3, 0.4) is 0 Å². The van der Waals surface area contributed by atoms with Crippen LogP contribution in [0.25, 0.3) is 109 Å². The molecule has 0 unspecified atom stereocenters. The van der Waals surface area contributed by atoms with Gasteiger partial charge in [-0.05, 0) is 151 Å². The zero-order chi connectivity index (χ0) is 44.8. The van der Waals surface area contributed by atoms with E-state index < -0.39 is 0 Å². The Hall–Kier alpha value is -8.26. The third kappa shape index (κ3) is 6.15. The van der Waals surface area contributed by atoms with Crippen LogP contribution in [-0.2, 0) is 5.41 Å². The first kappa shape index (κ1) is 39.1. The molecule has 0 saturated heterocycles. The molecule has 0 radical (unpaired) electrons. The second-order valence-corrected chi connectivity index (χ2v) is 19.2. The lowest BCUT2D eigenvalue weighted by Gasteiger charge is -2.29. The molecule has 0 saturated carbocycles. The number of nitrogens with zero attached hydrogens (tertiary/aromatic N) is 1. The fourth-order valence-corrected chi connectivity index (χ4v) is 11.2. The largest absolute Gasteiger partial charge is 0.310 e. The molecule has 13 rings (SSSR count). The van der Waals surface area contributed by atoms with Gasteiger partial charge in [-0.2, -0.15) is 0 Å². The van der Waals surface area contributed by atoms with Gasteiger partial charge < -0.3 is 4.90 Å². The second-order valence-electron chi connectivity index (χ2n) is 19.2. The smallest absolute Gasteiger partial charge is 0.0540 e. The monoisotopic (exact) mass is 853 g/mol. The fraction of sp³-hybridized carbons (Fsp3) is 0.0606. The molecule has 0 amide bonds. The highest BCUT2D eigenvalue weighted by molar-refractivity contribution is 6.35. The van der Waals surface area contributed by atoms with E-state index in [0.29, 0.717) is 0 Å². The first-order valence-electron chi connectivity index (χ1n) is 23.5. The van der Waals surface area contributed by atoms with Crippen molar-refractivity contribution in [3.8, 4) is 33.4 Å². The quantitative estimate of drug-likeness (QED) is 0.119. The van der Waals surface area contributed by atoms with Crippen molar-refractivity contribution in [2.75, 3.05) is 4.90 Å². The summed E-state index contributed by atoms with van der Waals surface area (Å²) in [7, 11) is 0. The maximum atomic E-state index is 2.50. The third-order valence-electron chi connectivity index (χ3n) is 14.3. The van der Waals surface area contributed by atoms with Crippen molar-refractivity contribution < 1.29 is 0 Å². The van der Waals surface area contributed by atoms with E-state index in [9.17, 15) is 0 Å². The molecule has 1 heteroatoms. The zero-order valence-corrected chi connectivity index (χ0v) is 37.9. The Kier molecular flexibility index (Phi) is 8.85. The maximum Gasteiger partial charge on any atom is 0.0540 e. The van der Waals surface area contributed by atoms with Crippen LogP contribution >= 0.6 is 0 Å². The summed E-state index contributed by atoms with van der Waals surface area (Å²) >= 11 is 0. The summed E-state index contributed by atoms with van der Waals surface area (Å²) in [4.78, 5) is 2.50. The van der Waals surface area contributed by atoms with Gasteiger partial charge in [-0.3, -0.25) is 0 Å². The van der Waals surface area contributed by atoms with E-state index in [4.69, 9.17) is 0 Å². The molecule has 13 aromatic rings. The lowest BCUT2D eigenvalue weighted by molar-refractivity contribution is 0.590. The fourth-order valence-electron chi connectivity index (χ4n) is 11.2. The predicted molar refractivity (Wildman–Crippen MR) is 290 cm³/mol. The minimum Gasteiger partial charge on any atom is -0.310 e. The highest BCUT2D eigenvalue weighted by atomic mass is 15.1. The van der Waals surface area contributed by atoms with Gasteiger partial charge in [0.25, 0.3) is 0 Å². The molecule has 0 aliphatic carbocycles. The Morgan fingerprint density at radius 3 is 1.43 bits per heavy atom. The van der Waals surface area contributed by atoms with Crippen LogP contribution < -0.4 is 4.90 Å². The van der Waals surface area contributed by atoms with Crippen molar-refractivity contribution in [2.45, 2.75) is 26.2 Å². The second kappa shape index (κ2) is 15.2. The van der Waals surface area contributed by atoms with Gasteiger partial charge >= 0.3 is 0 Å². The summed E-state index contributed by atoms with van der Waals surface area (Å²) in [5, 5.41) is 17.8. The Morgan fingerprint density at radius 1 is 0.299 bits per heavy atom. The van der Waals surface area contributed by atoms with Crippen molar-refractivity contribution in [1.29, 1.82) is 0 Å². The summed E-state index contributed by atoms with van der Waals surface area (Å²) in [5.41, 5.74) is 12.0. The van der Waals surface area contributed by atoms with Crippen LogP contribution in [-0.4, -0.2) is 0 Å². The van der Waals surface area contributed by atoms with Gasteiger partial charge in [0.05, 0.1) is 5.69 Å². The Bertz CT molecular complexity index is 3980. The Labute approximate surface area is 391 Å². The Morgan fingerprint density at radius 2 is 0.776 bits per heavy atom. The van der Waals surface area contributed by atoms with Crippen LogP contribution in [0.4, 0.5) is 17.1 Å². The summed E-state index contributed by atoms with van der Waals surface area (Å²) in [6.45, 7) is 6.87. The first-order valence-corrected chi connectivity index (χ1v) is 23.5. The number of benzene rings is 13. The predicted octanol–water partition coefficient (Wildman–Crippen LogP) is 19.0. The summed E-state index contributed by atoms with van der Waals surface area (Å²) in [5.74, 6) is 0. The SMILES string of the molecule is CC(C)(C)c1ccc(N(c2ccc3c(c2)c2ccccc2c2c(-c4ccccc4)cc(-c4ccccc4)c(-c4ccccc4)c32)c2ccc3c4cccc5cccc(c6cccc2c63)c54)cc1. The molecule has 0 atom stereocenters. The molecular weight excluding hydrogens is 807 g/mol. The minimum absolute atomic E-state index is 0.0224. The molecule has 0 fully saturated rings. The van der Waals surface area contributed by atoms with Crippen molar-refractivity contribution in [3.63, 3.8) is 0 Å². The van der Waals surface area contributed by atoms with Gasteiger partial charge in [-0.15, -0.1) is 0 Å². The summed E-state index contributed by atoms with van der Waals surface area (Å²) in [6.07, 6.45) is 0. The summed E-state index contributed by atoms with van der Waals surface area (Å²) in [6, 6.07) is 86.0. The number of hydrogen-bond acceptors (Lipinski definition) is 1. The molecule has 0 aromatic heterocycles. The third-order valence-corrected chi connectivity index (χ3v) is 14.3. The van der Waals surface area contributed by atoms with E-state index in [2.05, 4.69) is 256 Å². The van der Waals surface area contributed by atoms with Gasteiger partial charge in [-0.25, -0.2) is 0 Å². The van der Waals surface area contributed by atoms with Gasteiger partial charge in [0, 0.05) is 16.8 Å². The van der Waals surface area contributed by atoms with E-state index >= 15 is 0 Å². The van der Waals surface area contributed by atoms with E-state index in [1.54, 1.807) is 0 Å². The van der Waals surface area contributed by atoms with Crippen LogP contribution in [0.2, 0.25) is 0 Å². The standard InChI is InChI=1S/C66H47N/c1-66(2,3)46-32-34-47(35-33-46)67(60-39-38-54-52-29-16-25-44-24-15-28-51(61(44)52)53-30-17-31-56(60)63(53)54)48-36-37-55-59(40-48)49-26-13-14-27-50(49)64-58(43-20-9-5-10-21-43)41-57(42-18-7-4-8-19-42)62(65(55)64)45-22-11-6-12-23-45/h4-41H,1-3H3. The van der Waals surface area contributed by atoms with E-state index in [1.165, 1.54) is 114 Å². The van der Waals surface area contributed by atoms with Gasteiger partial charge in [0.15, 0.2) is 0 Å². The molecule has 67 heavy (non-hydrogen) atoms. The van der Waals surface area contributed by atoms with Crippen molar-refractivity contribution in [2.24, 2.45) is 0 Å². The summed E-state index contributed by atoms with van der Waals surface area (Å²) < 4.78 is 0. The molecule has 316 valence electrons. The molecule has 0 N–H and O–H groups in total. The maximum absolute atomic E-state index is 2.50. The molecule has 0 heterocycles. The van der Waals surface area contributed by atoms with E-state index in [1.807, 2.05) is 0 Å². The zero-order valence-electron chi connectivity index (χ0n) is 37.9. The molecule has 0 spiro atoms. The average Bonchev–Trinajstić information content (AvgIpc) is 3.38. The number of hydrogen-bond donors (Lipinski definition) is 0. The number of rotatable bonds is 6. The van der Waals surface area contributed by atoms with E-state index in [0.717, 1.165) is 17.1 Å². The number of fused-ring (bicyclic) bond motifs is 8. The van der Waals surface area contributed by atoms with Crippen molar-refractivity contribution >= 4 is 92.5 Å². The highest BCUT2D eigenvalue weighted by Gasteiger charge is 2.25. The Balaban J connectivity index is 1.15. The van der Waals surface area contributed by atoms with E-state index in [-0.39, 0.29) is 5.41 Å². The van der Waals surface area contributed by atoms with Crippen LogP contribution in [0.5, 0.6) is 0 Å². The van der Waals surface area contributed by atoms with Crippen molar-refractivity contribution in [3.05, 3.63) is 236 Å². The lowest BCUT2D eigenvalue weighted by Crippen LogP contribution is -2.13. The average molecular weight is 854 g/mol. The normalized spacial score (nSPS) is 12.1. The molecule has 0 aliphatic heterocycles. The van der Waals surface area contributed by atoms with Crippen LogP contribution in [0.1, 0.15) is 26.3 Å². The van der Waals surface area contributed by atoms with Gasteiger partial charge in [0.2, 0.25) is 0 Å². The first-order chi connectivity index (χ1) is 32.9. The number of anilines is 3. The van der Waals surface area contributed by atoms with Gasteiger partial charge in [0.1, 0.15) is 0 Å². The van der Waals surface area contributed by atoms with Crippen LogP contribution in [0, 0.1) is 0 Å². The highest BCUT2D eigenvalue weighted by Crippen LogP contribution is 2.51.